The maximum Gasteiger partial charge on any atom is 0.276 e. The number of pyridine rings is 2. The Kier molecular flexibility index (Phi) is 5.84. The zero-order valence-corrected chi connectivity index (χ0v) is 21.8. The molecule has 194 valence electrons. The molecule has 4 heterocycles. The minimum atomic E-state index is -3.55. The lowest BCUT2D eigenvalue weighted by Gasteiger charge is -2.13. The zero-order chi connectivity index (χ0) is 27.1. The molecule has 0 unspecified atom stereocenters. The first-order chi connectivity index (χ1) is 18.7. The number of aromatic amines is 1. The van der Waals surface area contributed by atoms with Gasteiger partial charge < -0.3 is 20.0 Å². The van der Waals surface area contributed by atoms with Crippen molar-refractivity contribution in [2.45, 2.75) is 11.8 Å². The van der Waals surface area contributed by atoms with Gasteiger partial charge in [0.1, 0.15) is 5.65 Å². The van der Waals surface area contributed by atoms with E-state index in [4.69, 9.17) is 4.98 Å². The number of carbonyl (C=O) groups excluding carboxylic acids is 1. The van der Waals surface area contributed by atoms with E-state index in [9.17, 15) is 13.2 Å². The van der Waals surface area contributed by atoms with E-state index in [1.807, 2.05) is 60.1 Å². The van der Waals surface area contributed by atoms with Gasteiger partial charge in [0.05, 0.1) is 33.6 Å². The molecule has 0 atom stereocenters. The Bertz CT molecular complexity index is 1980. The highest BCUT2D eigenvalue weighted by Gasteiger charge is 2.19. The summed E-state index contributed by atoms with van der Waals surface area (Å²) in [6.07, 6.45) is 7.77. The van der Waals surface area contributed by atoms with Gasteiger partial charge in [0.25, 0.3) is 5.91 Å². The molecular formula is C28H23N7O3S. The van der Waals surface area contributed by atoms with Gasteiger partial charge in [-0.1, -0.05) is 18.2 Å². The van der Waals surface area contributed by atoms with E-state index in [0.717, 1.165) is 39.8 Å². The molecule has 0 fully saturated rings. The number of hydrogen-bond donors (Lipinski definition) is 3. The van der Waals surface area contributed by atoms with Crippen molar-refractivity contribution in [1.29, 1.82) is 0 Å². The molecule has 0 aliphatic carbocycles. The van der Waals surface area contributed by atoms with Crippen molar-refractivity contribution in [3.8, 4) is 11.3 Å². The predicted octanol–water partition coefficient (Wildman–Crippen LogP) is 4.98. The number of anilines is 3. The third-order valence-electron chi connectivity index (χ3n) is 6.32. The van der Waals surface area contributed by atoms with E-state index in [2.05, 4.69) is 25.6 Å². The van der Waals surface area contributed by atoms with E-state index in [1.165, 1.54) is 12.3 Å². The number of rotatable bonds is 6. The highest BCUT2D eigenvalue weighted by atomic mass is 32.2. The molecule has 2 aromatic carbocycles. The standard InChI is InChI=1S/C28H23N7O3S/c1-17-4-3-11-35-15-25(34-27(17)35)18-5-7-19(8-6-18)33-28(36)26-24(13-21(14-29-26)39(2,37)38)32-20-9-10-22-23(12-20)31-16-30-22/h3-16,32H,1-2H3,(H,30,31)(H,33,36). The third kappa shape index (κ3) is 4.82. The zero-order valence-electron chi connectivity index (χ0n) is 21.0. The first-order valence-electron chi connectivity index (χ1n) is 12.0. The summed E-state index contributed by atoms with van der Waals surface area (Å²) in [5, 5.41) is 5.99. The topological polar surface area (TPSA) is 134 Å². The van der Waals surface area contributed by atoms with Crippen molar-refractivity contribution in [2.75, 3.05) is 16.9 Å². The average molecular weight is 538 g/mol. The maximum absolute atomic E-state index is 13.3. The second-order valence-electron chi connectivity index (χ2n) is 9.18. The van der Waals surface area contributed by atoms with Crippen molar-refractivity contribution in [2.24, 2.45) is 0 Å². The van der Waals surface area contributed by atoms with Crippen LogP contribution in [0.2, 0.25) is 0 Å². The Morgan fingerprint density at radius 1 is 1.00 bits per heavy atom. The molecule has 3 N–H and O–H groups in total. The van der Waals surface area contributed by atoms with Gasteiger partial charge in [-0.15, -0.1) is 0 Å². The van der Waals surface area contributed by atoms with Gasteiger partial charge in [-0.05, 0) is 55.0 Å². The maximum atomic E-state index is 13.3. The van der Waals surface area contributed by atoms with Gasteiger partial charge in [-0.2, -0.15) is 0 Å². The van der Waals surface area contributed by atoms with Crippen molar-refractivity contribution >= 4 is 49.5 Å². The van der Waals surface area contributed by atoms with Crippen LogP contribution in [0.4, 0.5) is 17.1 Å². The number of hydrogen-bond acceptors (Lipinski definition) is 7. The fourth-order valence-electron chi connectivity index (χ4n) is 4.30. The summed E-state index contributed by atoms with van der Waals surface area (Å²) >= 11 is 0. The number of nitrogens with one attached hydrogen (secondary N) is 3. The molecule has 6 aromatic rings. The summed E-state index contributed by atoms with van der Waals surface area (Å²) in [5.74, 6) is -0.490. The molecule has 0 aliphatic rings. The number of nitrogens with zero attached hydrogens (tertiary/aromatic N) is 4. The number of aromatic nitrogens is 5. The molecule has 0 radical (unpaired) electrons. The number of carbonyl (C=O) groups is 1. The Morgan fingerprint density at radius 3 is 2.56 bits per heavy atom. The van der Waals surface area contributed by atoms with Gasteiger partial charge in [0, 0.05) is 41.8 Å². The number of H-pyrrole nitrogens is 1. The Morgan fingerprint density at radius 2 is 1.79 bits per heavy atom. The van der Waals surface area contributed by atoms with Crippen molar-refractivity contribution < 1.29 is 13.2 Å². The molecule has 1 amide bonds. The second-order valence-corrected chi connectivity index (χ2v) is 11.2. The van der Waals surface area contributed by atoms with Gasteiger partial charge in [0.2, 0.25) is 0 Å². The van der Waals surface area contributed by atoms with Gasteiger partial charge >= 0.3 is 0 Å². The van der Waals surface area contributed by atoms with Crippen LogP contribution in [-0.2, 0) is 9.84 Å². The molecule has 0 saturated heterocycles. The molecule has 39 heavy (non-hydrogen) atoms. The Balaban J connectivity index is 1.28. The van der Waals surface area contributed by atoms with Crippen LogP contribution in [-0.4, -0.2) is 44.9 Å². The van der Waals surface area contributed by atoms with Crippen molar-refractivity contribution in [1.82, 2.24) is 24.3 Å². The predicted molar refractivity (Wildman–Crippen MR) is 150 cm³/mol. The number of fused-ring (bicyclic) bond motifs is 2. The first kappa shape index (κ1) is 24.3. The minimum absolute atomic E-state index is 0.00351. The molecule has 0 spiro atoms. The minimum Gasteiger partial charge on any atom is -0.353 e. The van der Waals surface area contributed by atoms with Crippen LogP contribution in [0, 0.1) is 6.92 Å². The highest BCUT2D eigenvalue weighted by molar-refractivity contribution is 7.90. The lowest BCUT2D eigenvalue weighted by atomic mass is 10.1. The second kappa shape index (κ2) is 9.37. The lowest BCUT2D eigenvalue weighted by molar-refractivity contribution is 0.102. The van der Waals surface area contributed by atoms with Crippen LogP contribution < -0.4 is 10.6 Å². The number of sulfone groups is 1. The van der Waals surface area contributed by atoms with Gasteiger partial charge in [0.15, 0.2) is 15.5 Å². The van der Waals surface area contributed by atoms with Crippen LogP contribution in [0.1, 0.15) is 16.1 Å². The lowest BCUT2D eigenvalue weighted by Crippen LogP contribution is -2.16. The van der Waals surface area contributed by atoms with Crippen LogP contribution >= 0.6 is 0 Å². The molecule has 6 rings (SSSR count). The van der Waals surface area contributed by atoms with Crippen molar-refractivity contribution in [3.05, 3.63) is 96.8 Å². The molecule has 4 aromatic heterocycles. The van der Waals surface area contributed by atoms with E-state index < -0.39 is 15.7 Å². The van der Waals surface area contributed by atoms with Crippen molar-refractivity contribution in [3.63, 3.8) is 0 Å². The van der Waals surface area contributed by atoms with Crippen LogP contribution in [0.5, 0.6) is 0 Å². The number of imidazole rings is 2. The molecule has 0 saturated carbocycles. The normalized spacial score (nSPS) is 11.6. The number of amides is 1. The summed E-state index contributed by atoms with van der Waals surface area (Å²) in [6, 6.07) is 18.1. The van der Waals surface area contributed by atoms with E-state index in [1.54, 1.807) is 24.5 Å². The molecule has 11 heteroatoms. The summed E-state index contributed by atoms with van der Waals surface area (Å²) in [7, 11) is -3.55. The summed E-state index contributed by atoms with van der Waals surface area (Å²) < 4.78 is 26.3. The SMILES string of the molecule is Cc1cccn2cc(-c3ccc(NC(=O)c4ncc(S(C)(=O)=O)cc4Nc4ccc5nc[nH]c5c4)cc3)nc12. The van der Waals surface area contributed by atoms with Crippen LogP contribution in [0.25, 0.3) is 27.9 Å². The first-order valence-corrected chi connectivity index (χ1v) is 13.9. The monoisotopic (exact) mass is 537 g/mol. The fourth-order valence-corrected chi connectivity index (χ4v) is 4.88. The highest BCUT2D eigenvalue weighted by Crippen LogP contribution is 2.27. The largest absolute Gasteiger partial charge is 0.353 e. The molecule has 0 aliphatic heterocycles. The van der Waals surface area contributed by atoms with E-state index >= 15 is 0 Å². The quantitative estimate of drug-likeness (QED) is 0.273. The third-order valence-corrected chi connectivity index (χ3v) is 7.40. The molecule has 0 bridgehead atoms. The Labute approximate surface area is 223 Å². The van der Waals surface area contributed by atoms with Gasteiger partial charge in [-0.3, -0.25) is 4.79 Å². The summed E-state index contributed by atoms with van der Waals surface area (Å²) in [6.45, 7) is 2.01. The molecule has 10 nitrogen and oxygen atoms in total. The molecular weight excluding hydrogens is 514 g/mol. The Hall–Kier alpha value is -5.03. The number of aryl methyl sites for hydroxylation is 1. The van der Waals surface area contributed by atoms with Crippen LogP contribution in [0.15, 0.2) is 90.5 Å². The van der Waals surface area contributed by atoms with E-state index in [0.29, 0.717) is 11.4 Å². The van der Waals surface area contributed by atoms with Gasteiger partial charge in [-0.25, -0.2) is 23.4 Å². The average Bonchev–Trinajstić information content (AvgIpc) is 3.56. The number of benzene rings is 2. The fraction of sp³-hybridized carbons (Fsp3) is 0.0714. The summed E-state index contributed by atoms with van der Waals surface area (Å²) in [4.78, 5) is 29.4. The van der Waals surface area contributed by atoms with Crippen LogP contribution in [0.3, 0.4) is 0 Å². The summed E-state index contributed by atoms with van der Waals surface area (Å²) in [5.41, 5.74) is 6.77. The van der Waals surface area contributed by atoms with E-state index in [-0.39, 0.29) is 16.3 Å². The smallest absolute Gasteiger partial charge is 0.276 e.